The van der Waals surface area contributed by atoms with Gasteiger partial charge >= 0.3 is 6.03 Å². The summed E-state index contributed by atoms with van der Waals surface area (Å²) < 4.78 is 0. The second-order valence-corrected chi connectivity index (χ2v) is 5.76. The molecule has 1 aliphatic heterocycles. The van der Waals surface area contributed by atoms with Gasteiger partial charge in [-0.15, -0.1) is 0 Å². The van der Waals surface area contributed by atoms with E-state index < -0.39 is 0 Å². The number of pyridine rings is 2. The molecule has 0 unspecified atom stereocenters. The average Bonchev–Trinajstić information content (AvgIpc) is 2.75. The van der Waals surface area contributed by atoms with Crippen LogP contribution in [-0.2, 0) is 0 Å². The van der Waals surface area contributed by atoms with E-state index in [1.807, 2.05) is 24.3 Å². The Hall–Kier alpha value is -4.05. The molecule has 0 fully saturated rings. The van der Waals surface area contributed by atoms with Crippen LogP contribution in [0.4, 0.5) is 16.3 Å². The normalized spacial score (nSPS) is 13.9. The van der Waals surface area contributed by atoms with Crippen molar-refractivity contribution in [2.24, 2.45) is 5.10 Å². The number of aromatic nitrogens is 2. The molecular weight excluding hydrogens is 340 g/mol. The minimum Gasteiger partial charge on any atom is -0.270 e. The van der Waals surface area contributed by atoms with Gasteiger partial charge in [-0.1, -0.05) is 24.3 Å². The van der Waals surface area contributed by atoms with Crippen LogP contribution in [0, 0.1) is 11.3 Å². The van der Waals surface area contributed by atoms with Gasteiger partial charge < -0.3 is 0 Å². The Bertz CT molecular complexity index is 1040. The molecule has 0 N–H and O–H groups in total. The van der Waals surface area contributed by atoms with E-state index >= 15 is 0 Å². The van der Waals surface area contributed by atoms with Crippen LogP contribution in [-0.4, -0.2) is 28.3 Å². The van der Waals surface area contributed by atoms with Gasteiger partial charge in [-0.05, 0) is 36.4 Å². The number of para-hydroxylation sites is 1. The number of carbonyl (C=O) groups excluding carboxylic acids is 1. The van der Waals surface area contributed by atoms with Gasteiger partial charge in [-0.25, -0.2) is 9.78 Å². The summed E-state index contributed by atoms with van der Waals surface area (Å²) in [5, 5.41) is 15.2. The summed E-state index contributed by atoms with van der Waals surface area (Å²) in [6.45, 7) is 0.234. The zero-order valence-electron chi connectivity index (χ0n) is 14.2. The Morgan fingerprint density at radius 3 is 2.37 bits per heavy atom. The molecule has 0 spiro atoms. The molecule has 4 rings (SSSR count). The number of hydrazone groups is 1. The number of nitrogens with zero attached hydrogens (tertiary/aromatic N) is 6. The zero-order chi connectivity index (χ0) is 18.6. The van der Waals surface area contributed by atoms with Crippen LogP contribution in [0.1, 0.15) is 11.3 Å². The highest BCUT2D eigenvalue weighted by Gasteiger charge is 2.32. The number of hydrogen-bond acceptors (Lipinski definition) is 5. The number of carbonyl (C=O) groups is 1. The van der Waals surface area contributed by atoms with E-state index in [4.69, 9.17) is 0 Å². The lowest BCUT2D eigenvalue weighted by Gasteiger charge is -2.32. The topological polar surface area (TPSA) is 85.5 Å². The van der Waals surface area contributed by atoms with Crippen molar-refractivity contribution in [3.63, 3.8) is 0 Å². The number of hydrogen-bond donors (Lipinski definition) is 0. The van der Waals surface area contributed by atoms with Gasteiger partial charge in [0.25, 0.3) is 0 Å². The van der Waals surface area contributed by atoms with E-state index in [0.717, 1.165) is 0 Å². The van der Waals surface area contributed by atoms with Crippen LogP contribution < -0.4 is 9.91 Å². The Labute approximate surface area is 155 Å². The van der Waals surface area contributed by atoms with Crippen LogP contribution >= 0.6 is 0 Å². The minimum absolute atomic E-state index is 0.234. The Morgan fingerprint density at radius 1 is 0.926 bits per heavy atom. The molecule has 0 aliphatic carbocycles. The Kier molecular flexibility index (Phi) is 4.29. The van der Waals surface area contributed by atoms with Crippen molar-refractivity contribution in [1.29, 1.82) is 5.26 Å². The van der Waals surface area contributed by atoms with Crippen LogP contribution in [0.15, 0.2) is 78.2 Å². The second kappa shape index (κ2) is 7.06. The van der Waals surface area contributed by atoms with Crippen molar-refractivity contribution >= 4 is 23.2 Å². The largest absolute Gasteiger partial charge is 0.351 e. The first kappa shape index (κ1) is 16.4. The van der Waals surface area contributed by atoms with Crippen molar-refractivity contribution in [3.8, 4) is 6.07 Å². The third kappa shape index (κ3) is 3.12. The predicted molar refractivity (Wildman–Crippen MR) is 101 cm³/mol. The molecule has 27 heavy (non-hydrogen) atoms. The summed E-state index contributed by atoms with van der Waals surface area (Å²) in [5.41, 5.74) is 2.04. The van der Waals surface area contributed by atoms with E-state index in [2.05, 4.69) is 21.1 Å². The van der Waals surface area contributed by atoms with Gasteiger partial charge in [0, 0.05) is 12.4 Å². The number of rotatable bonds is 3. The van der Waals surface area contributed by atoms with E-state index in [-0.39, 0.29) is 12.6 Å². The van der Waals surface area contributed by atoms with Gasteiger partial charge in [0.2, 0.25) is 0 Å². The van der Waals surface area contributed by atoms with E-state index in [1.165, 1.54) is 9.91 Å². The van der Waals surface area contributed by atoms with Crippen molar-refractivity contribution in [2.75, 3.05) is 16.5 Å². The summed E-state index contributed by atoms with van der Waals surface area (Å²) in [4.78, 5) is 23.3. The van der Waals surface area contributed by atoms with Crippen molar-refractivity contribution in [2.45, 2.75) is 0 Å². The van der Waals surface area contributed by atoms with Crippen LogP contribution in [0.5, 0.6) is 0 Å². The summed E-state index contributed by atoms with van der Waals surface area (Å²) in [5.74, 6) is 0.505. The monoisotopic (exact) mass is 354 g/mol. The lowest BCUT2D eigenvalue weighted by molar-refractivity contribution is 0.251. The van der Waals surface area contributed by atoms with E-state index in [9.17, 15) is 10.1 Å². The van der Waals surface area contributed by atoms with Gasteiger partial charge in [0.15, 0.2) is 0 Å². The van der Waals surface area contributed by atoms with Crippen LogP contribution in [0.25, 0.3) is 0 Å². The SMILES string of the molecule is N#Cc1ccccc1N1N=C(c2ccccn2)CN(c2ccccn2)C1=O. The number of anilines is 2. The first-order valence-electron chi connectivity index (χ1n) is 8.28. The molecule has 0 saturated carbocycles. The van der Waals surface area contributed by atoms with Gasteiger partial charge in [-0.3, -0.25) is 9.88 Å². The Balaban J connectivity index is 1.85. The summed E-state index contributed by atoms with van der Waals surface area (Å²) >= 11 is 0. The molecule has 130 valence electrons. The molecule has 0 bridgehead atoms. The van der Waals surface area contributed by atoms with Crippen molar-refractivity contribution < 1.29 is 4.79 Å². The lowest BCUT2D eigenvalue weighted by atomic mass is 10.1. The van der Waals surface area contributed by atoms with E-state index in [0.29, 0.717) is 28.5 Å². The maximum Gasteiger partial charge on any atom is 0.351 e. The number of amides is 2. The van der Waals surface area contributed by atoms with Gasteiger partial charge in [-0.2, -0.15) is 15.4 Å². The third-order valence-corrected chi connectivity index (χ3v) is 4.08. The standard InChI is InChI=1S/C20H14N6O/c21-13-15-7-1-2-9-18(15)26-20(27)25(19-10-4-6-12-23-19)14-17(24-26)16-8-3-5-11-22-16/h1-12H,14H2. The highest BCUT2D eigenvalue weighted by atomic mass is 16.2. The summed E-state index contributed by atoms with van der Waals surface area (Å²) in [7, 11) is 0. The first-order valence-corrected chi connectivity index (χ1v) is 8.28. The molecule has 2 aromatic heterocycles. The Morgan fingerprint density at radius 2 is 1.67 bits per heavy atom. The summed E-state index contributed by atoms with van der Waals surface area (Å²) in [6.07, 6.45) is 3.30. The third-order valence-electron chi connectivity index (χ3n) is 4.08. The predicted octanol–water partition coefficient (Wildman–Crippen LogP) is 3.20. The molecule has 7 nitrogen and oxygen atoms in total. The van der Waals surface area contributed by atoms with Gasteiger partial charge in [0.05, 0.1) is 23.5 Å². The lowest BCUT2D eigenvalue weighted by Crippen LogP contribution is -2.49. The molecule has 0 radical (unpaired) electrons. The summed E-state index contributed by atoms with van der Waals surface area (Å²) in [6, 6.07) is 19.5. The quantitative estimate of drug-likeness (QED) is 0.723. The molecule has 7 heteroatoms. The molecule has 3 heterocycles. The molecule has 1 aromatic carbocycles. The first-order chi connectivity index (χ1) is 13.3. The molecule has 2 amide bonds. The van der Waals surface area contributed by atoms with E-state index in [1.54, 1.807) is 48.8 Å². The molecule has 3 aromatic rings. The van der Waals surface area contributed by atoms with Gasteiger partial charge in [0.1, 0.15) is 17.6 Å². The smallest absolute Gasteiger partial charge is 0.270 e. The number of urea groups is 1. The van der Waals surface area contributed by atoms with Crippen molar-refractivity contribution in [1.82, 2.24) is 9.97 Å². The van der Waals surface area contributed by atoms with Crippen LogP contribution in [0.2, 0.25) is 0 Å². The molecule has 0 saturated heterocycles. The minimum atomic E-state index is -0.379. The number of nitriles is 1. The highest BCUT2D eigenvalue weighted by Crippen LogP contribution is 2.26. The second-order valence-electron chi connectivity index (χ2n) is 5.76. The van der Waals surface area contributed by atoms with Crippen molar-refractivity contribution in [3.05, 3.63) is 84.3 Å². The fourth-order valence-electron chi connectivity index (χ4n) is 2.79. The fraction of sp³-hybridized carbons (Fsp3) is 0.0500. The molecule has 0 atom stereocenters. The maximum absolute atomic E-state index is 13.1. The highest BCUT2D eigenvalue weighted by molar-refractivity contribution is 6.15. The molecular formula is C20H14N6O. The maximum atomic E-state index is 13.1. The van der Waals surface area contributed by atoms with Crippen LogP contribution in [0.3, 0.4) is 0 Å². The average molecular weight is 354 g/mol. The fourth-order valence-corrected chi connectivity index (χ4v) is 2.79. The number of benzene rings is 1. The molecule has 1 aliphatic rings. The zero-order valence-corrected chi connectivity index (χ0v) is 14.2.